The summed E-state index contributed by atoms with van der Waals surface area (Å²) in [5, 5.41) is 0.773. The zero-order chi connectivity index (χ0) is 10.7. The average molecular weight is 206 g/mol. The quantitative estimate of drug-likeness (QED) is 0.728. The predicted octanol–water partition coefficient (Wildman–Crippen LogP) is 2.22. The molecule has 2 atom stereocenters. The van der Waals surface area contributed by atoms with Gasteiger partial charge in [0.05, 0.1) is 0 Å². The van der Waals surface area contributed by atoms with Crippen LogP contribution >= 0.6 is 11.8 Å². The number of thioether (sulfide) groups is 1. The fourth-order valence-electron chi connectivity index (χ4n) is 1.38. The standard InChI is InChI=1S/C7H15NS.C2H6.CH5N/c1-2-9-7-5-3-4-6(7)8;2*1-2/h6-7H,2-5,8H2,1H3;1-2H3;2H2,1H3. The van der Waals surface area contributed by atoms with E-state index in [0.29, 0.717) is 6.04 Å². The van der Waals surface area contributed by atoms with Gasteiger partial charge in [0.1, 0.15) is 0 Å². The second-order valence-electron chi connectivity index (χ2n) is 2.59. The summed E-state index contributed by atoms with van der Waals surface area (Å²) in [5.74, 6) is 1.22. The minimum absolute atomic E-state index is 0.495. The average Bonchev–Trinajstić information content (AvgIpc) is 2.60. The summed E-state index contributed by atoms with van der Waals surface area (Å²) in [5.41, 5.74) is 10.3. The Morgan fingerprint density at radius 3 is 2.08 bits per heavy atom. The van der Waals surface area contributed by atoms with E-state index in [1.807, 2.05) is 25.6 Å². The third-order valence-corrected chi connectivity index (χ3v) is 3.23. The van der Waals surface area contributed by atoms with Crippen LogP contribution in [0.3, 0.4) is 0 Å². The van der Waals surface area contributed by atoms with Gasteiger partial charge in [0, 0.05) is 11.3 Å². The number of hydrogen-bond donors (Lipinski definition) is 2. The van der Waals surface area contributed by atoms with Crippen LogP contribution < -0.4 is 11.5 Å². The normalized spacial score (nSPS) is 25.4. The SMILES string of the molecule is CC.CCSC1CCCC1N.CN. The second kappa shape index (κ2) is 12.3. The number of rotatable bonds is 2. The summed E-state index contributed by atoms with van der Waals surface area (Å²) in [6.07, 6.45) is 3.94. The molecule has 0 aromatic heterocycles. The first-order chi connectivity index (χ1) is 6.34. The molecule has 4 N–H and O–H groups in total. The Balaban J connectivity index is 0. The van der Waals surface area contributed by atoms with Gasteiger partial charge in [-0.2, -0.15) is 11.8 Å². The van der Waals surface area contributed by atoms with Crippen LogP contribution in [0.4, 0.5) is 0 Å². The van der Waals surface area contributed by atoms with Gasteiger partial charge in [-0.15, -0.1) is 0 Å². The molecule has 1 rings (SSSR count). The molecule has 1 fully saturated rings. The summed E-state index contributed by atoms with van der Waals surface area (Å²) in [6.45, 7) is 6.20. The first kappa shape index (κ1) is 15.7. The fraction of sp³-hybridized carbons (Fsp3) is 1.00. The molecular formula is C10H26N2S. The van der Waals surface area contributed by atoms with Gasteiger partial charge in [0.15, 0.2) is 0 Å². The highest BCUT2D eigenvalue weighted by Crippen LogP contribution is 2.28. The molecule has 0 spiro atoms. The lowest BCUT2D eigenvalue weighted by Crippen LogP contribution is -2.26. The molecule has 82 valence electrons. The van der Waals surface area contributed by atoms with E-state index in [0.717, 1.165) is 5.25 Å². The van der Waals surface area contributed by atoms with Crippen molar-refractivity contribution in [3.8, 4) is 0 Å². The largest absolute Gasteiger partial charge is 0.333 e. The Morgan fingerprint density at radius 1 is 1.23 bits per heavy atom. The van der Waals surface area contributed by atoms with Gasteiger partial charge in [-0.3, -0.25) is 0 Å². The zero-order valence-electron chi connectivity index (χ0n) is 9.55. The Labute approximate surface area is 87.8 Å². The topological polar surface area (TPSA) is 52.0 Å². The molecule has 1 aliphatic rings. The van der Waals surface area contributed by atoms with Crippen LogP contribution in [0.5, 0.6) is 0 Å². The molecule has 13 heavy (non-hydrogen) atoms. The van der Waals surface area contributed by atoms with Gasteiger partial charge in [-0.1, -0.05) is 27.2 Å². The molecule has 0 bridgehead atoms. The van der Waals surface area contributed by atoms with E-state index < -0.39 is 0 Å². The minimum Gasteiger partial charge on any atom is -0.333 e. The maximum atomic E-state index is 5.84. The van der Waals surface area contributed by atoms with E-state index in [1.54, 1.807) is 0 Å². The van der Waals surface area contributed by atoms with Gasteiger partial charge in [-0.25, -0.2) is 0 Å². The second-order valence-corrected chi connectivity index (χ2v) is 4.10. The highest BCUT2D eigenvalue weighted by molar-refractivity contribution is 7.99. The van der Waals surface area contributed by atoms with E-state index in [2.05, 4.69) is 12.7 Å². The Kier molecular flexibility index (Phi) is 14.8. The maximum Gasteiger partial charge on any atom is 0.0198 e. The van der Waals surface area contributed by atoms with Crippen molar-refractivity contribution in [1.82, 2.24) is 0 Å². The first-order valence-corrected chi connectivity index (χ1v) is 6.34. The van der Waals surface area contributed by atoms with E-state index in [9.17, 15) is 0 Å². The third-order valence-electron chi connectivity index (χ3n) is 1.88. The van der Waals surface area contributed by atoms with Crippen LogP contribution in [0.25, 0.3) is 0 Å². The number of nitrogens with two attached hydrogens (primary N) is 2. The van der Waals surface area contributed by atoms with Crippen molar-refractivity contribution in [2.24, 2.45) is 11.5 Å². The molecule has 0 amide bonds. The van der Waals surface area contributed by atoms with E-state index >= 15 is 0 Å². The molecule has 0 aromatic rings. The van der Waals surface area contributed by atoms with Crippen LogP contribution in [0.2, 0.25) is 0 Å². The van der Waals surface area contributed by atoms with Gasteiger partial charge in [-0.05, 0) is 25.6 Å². The Bertz CT molecular complexity index is 89.0. The van der Waals surface area contributed by atoms with Crippen LogP contribution in [-0.2, 0) is 0 Å². The van der Waals surface area contributed by atoms with Crippen molar-refractivity contribution in [2.45, 2.75) is 51.3 Å². The van der Waals surface area contributed by atoms with Gasteiger partial charge in [0.2, 0.25) is 0 Å². The van der Waals surface area contributed by atoms with Crippen molar-refractivity contribution in [3.05, 3.63) is 0 Å². The molecule has 1 aliphatic carbocycles. The van der Waals surface area contributed by atoms with Gasteiger partial charge >= 0.3 is 0 Å². The third kappa shape index (κ3) is 7.35. The predicted molar refractivity (Wildman–Crippen MR) is 65.2 cm³/mol. The van der Waals surface area contributed by atoms with Crippen LogP contribution in [-0.4, -0.2) is 24.1 Å². The molecule has 1 saturated carbocycles. The first-order valence-electron chi connectivity index (χ1n) is 5.29. The molecule has 2 unspecified atom stereocenters. The summed E-state index contributed by atoms with van der Waals surface area (Å²) >= 11 is 2.02. The van der Waals surface area contributed by atoms with Crippen molar-refractivity contribution in [2.75, 3.05) is 12.8 Å². The molecule has 0 heterocycles. The van der Waals surface area contributed by atoms with Crippen LogP contribution in [0.1, 0.15) is 40.0 Å². The molecular weight excluding hydrogens is 180 g/mol. The highest BCUT2D eigenvalue weighted by atomic mass is 32.2. The summed E-state index contributed by atoms with van der Waals surface area (Å²) < 4.78 is 0. The highest BCUT2D eigenvalue weighted by Gasteiger charge is 2.22. The molecule has 3 heteroatoms. The summed E-state index contributed by atoms with van der Waals surface area (Å²) in [6, 6.07) is 0.495. The lowest BCUT2D eigenvalue weighted by Gasteiger charge is -2.12. The molecule has 0 saturated heterocycles. The van der Waals surface area contributed by atoms with Crippen LogP contribution in [0.15, 0.2) is 0 Å². The van der Waals surface area contributed by atoms with E-state index in [-0.39, 0.29) is 0 Å². The molecule has 0 aromatic carbocycles. The van der Waals surface area contributed by atoms with E-state index in [4.69, 9.17) is 5.73 Å². The van der Waals surface area contributed by atoms with Crippen molar-refractivity contribution in [1.29, 1.82) is 0 Å². The van der Waals surface area contributed by atoms with Crippen LogP contribution in [0, 0.1) is 0 Å². The lowest BCUT2D eigenvalue weighted by atomic mass is 10.3. The fourth-order valence-corrected chi connectivity index (χ4v) is 2.52. The van der Waals surface area contributed by atoms with Crippen molar-refractivity contribution in [3.63, 3.8) is 0 Å². The maximum absolute atomic E-state index is 5.84. The smallest absolute Gasteiger partial charge is 0.0198 e. The monoisotopic (exact) mass is 206 g/mol. The Hall–Kier alpha value is 0.270. The number of hydrogen-bond acceptors (Lipinski definition) is 3. The molecule has 0 radical (unpaired) electrons. The van der Waals surface area contributed by atoms with Crippen molar-refractivity contribution >= 4 is 11.8 Å². The Morgan fingerprint density at radius 2 is 1.77 bits per heavy atom. The van der Waals surface area contributed by atoms with Gasteiger partial charge < -0.3 is 11.5 Å². The molecule has 2 nitrogen and oxygen atoms in total. The van der Waals surface area contributed by atoms with E-state index in [1.165, 1.54) is 32.1 Å². The van der Waals surface area contributed by atoms with Gasteiger partial charge in [0.25, 0.3) is 0 Å². The summed E-state index contributed by atoms with van der Waals surface area (Å²) in [4.78, 5) is 0. The van der Waals surface area contributed by atoms with Crippen molar-refractivity contribution < 1.29 is 0 Å². The minimum atomic E-state index is 0.495. The zero-order valence-corrected chi connectivity index (χ0v) is 10.4. The summed E-state index contributed by atoms with van der Waals surface area (Å²) in [7, 11) is 1.50. The lowest BCUT2D eigenvalue weighted by molar-refractivity contribution is 0.716. The molecule has 0 aliphatic heterocycles.